The monoisotopic (exact) mass is 201 g/mol. The predicted octanol–water partition coefficient (Wildman–Crippen LogP) is 1.69. The van der Waals surface area contributed by atoms with Gasteiger partial charge in [-0.3, -0.25) is 0 Å². The van der Waals surface area contributed by atoms with Crippen molar-refractivity contribution in [3.05, 3.63) is 0 Å². The topological polar surface area (TPSA) is 47.6 Å². The molecule has 82 valence electrons. The molecular weight excluding hydrogens is 182 g/mol. The lowest BCUT2D eigenvalue weighted by Gasteiger charge is -2.20. The molecule has 1 aliphatic rings. The maximum Gasteiger partial charge on any atom is 0.407 e. The fourth-order valence-corrected chi connectivity index (χ4v) is 1.32. The smallest absolute Gasteiger partial charge is 0.407 e. The highest BCUT2D eigenvalue weighted by atomic mass is 16.6. The Balaban J connectivity index is 2.14. The summed E-state index contributed by atoms with van der Waals surface area (Å²) in [6.07, 6.45) is 1.91. The van der Waals surface area contributed by atoms with Crippen molar-refractivity contribution in [1.29, 1.82) is 0 Å². The number of carbonyl (C=O) groups excluding carboxylic acids is 1. The summed E-state index contributed by atoms with van der Waals surface area (Å²) in [5.41, 5.74) is -0.430. The van der Waals surface area contributed by atoms with Crippen molar-refractivity contribution in [2.24, 2.45) is 0 Å². The molecule has 1 aliphatic heterocycles. The summed E-state index contributed by atoms with van der Waals surface area (Å²) in [6.45, 7) is 6.89. The molecular formula is C10H19NO3. The minimum Gasteiger partial charge on any atom is -0.444 e. The molecule has 4 heteroatoms. The average Bonchev–Trinajstić information content (AvgIpc) is 2.49. The van der Waals surface area contributed by atoms with Gasteiger partial charge in [-0.15, -0.1) is 0 Å². The second kappa shape index (κ2) is 4.64. The Morgan fingerprint density at radius 3 is 2.79 bits per heavy atom. The second-order valence-electron chi connectivity index (χ2n) is 4.52. The van der Waals surface area contributed by atoms with Crippen molar-refractivity contribution in [3.8, 4) is 0 Å². The van der Waals surface area contributed by atoms with Crippen molar-refractivity contribution >= 4 is 6.09 Å². The number of carbonyl (C=O) groups is 1. The lowest BCUT2D eigenvalue weighted by molar-refractivity contribution is 0.0469. The molecule has 1 saturated heterocycles. The molecule has 0 aromatic carbocycles. The minimum absolute atomic E-state index is 0.169. The Bertz CT molecular complexity index is 192. The van der Waals surface area contributed by atoms with E-state index in [0.29, 0.717) is 6.54 Å². The third kappa shape index (κ3) is 4.46. The number of nitrogens with one attached hydrogen (secondary N) is 1. The Kier molecular flexibility index (Phi) is 3.75. The van der Waals surface area contributed by atoms with Crippen LogP contribution in [0.25, 0.3) is 0 Å². The van der Waals surface area contributed by atoms with Gasteiger partial charge in [-0.05, 0) is 33.6 Å². The third-order valence-corrected chi connectivity index (χ3v) is 1.90. The number of alkyl carbamates (subject to hydrolysis) is 1. The third-order valence-electron chi connectivity index (χ3n) is 1.90. The van der Waals surface area contributed by atoms with Crippen LogP contribution in [0.1, 0.15) is 33.6 Å². The van der Waals surface area contributed by atoms with E-state index < -0.39 is 5.60 Å². The summed E-state index contributed by atoms with van der Waals surface area (Å²) < 4.78 is 10.5. The highest BCUT2D eigenvalue weighted by Crippen LogP contribution is 2.11. The van der Waals surface area contributed by atoms with E-state index in [4.69, 9.17) is 9.47 Å². The summed E-state index contributed by atoms with van der Waals surface area (Å²) in [6, 6.07) is 0. The van der Waals surface area contributed by atoms with Crippen molar-refractivity contribution in [1.82, 2.24) is 5.32 Å². The van der Waals surface area contributed by atoms with Crippen molar-refractivity contribution in [2.45, 2.75) is 45.3 Å². The van der Waals surface area contributed by atoms with E-state index in [-0.39, 0.29) is 12.2 Å². The van der Waals surface area contributed by atoms with E-state index in [1.165, 1.54) is 0 Å². The van der Waals surface area contributed by atoms with Gasteiger partial charge in [0.15, 0.2) is 0 Å². The first kappa shape index (κ1) is 11.3. The molecule has 1 heterocycles. The van der Waals surface area contributed by atoms with Gasteiger partial charge in [-0.1, -0.05) is 0 Å². The molecule has 0 radical (unpaired) electrons. The normalized spacial score (nSPS) is 22.1. The summed E-state index contributed by atoms with van der Waals surface area (Å²) in [5.74, 6) is 0. The molecule has 4 nitrogen and oxygen atoms in total. The van der Waals surface area contributed by atoms with Crippen molar-refractivity contribution in [3.63, 3.8) is 0 Å². The molecule has 0 unspecified atom stereocenters. The van der Waals surface area contributed by atoms with Gasteiger partial charge in [-0.2, -0.15) is 0 Å². The van der Waals surface area contributed by atoms with Gasteiger partial charge in [0.1, 0.15) is 5.60 Å². The summed E-state index contributed by atoms with van der Waals surface area (Å²) in [5, 5.41) is 2.69. The molecule has 1 atom stereocenters. The first-order chi connectivity index (χ1) is 6.47. The van der Waals surface area contributed by atoms with Crippen molar-refractivity contribution < 1.29 is 14.3 Å². The Hall–Kier alpha value is -0.770. The Morgan fingerprint density at radius 1 is 1.57 bits per heavy atom. The number of ether oxygens (including phenoxy) is 2. The summed E-state index contributed by atoms with van der Waals surface area (Å²) in [7, 11) is 0. The van der Waals surface area contributed by atoms with E-state index in [9.17, 15) is 4.79 Å². The molecule has 0 spiro atoms. The molecule has 0 bridgehead atoms. The van der Waals surface area contributed by atoms with Gasteiger partial charge in [0.05, 0.1) is 6.10 Å². The van der Waals surface area contributed by atoms with Gasteiger partial charge in [-0.25, -0.2) is 4.79 Å². The van der Waals surface area contributed by atoms with E-state index in [1.54, 1.807) is 0 Å². The predicted molar refractivity (Wildman–Crippen MR) is 53.2 cm³/mol. The fraction of sp³-hybridized carbons (Fsp3) is 0.900. The SMILES string of the molecule is CC(C)(C)OC(=O)NC[C@H]1CCCO1. The molecule has 0 saturated carbocycles. The highest BCUT2D eigenvalue weighted by Gasteiger charge is 2.19. The number of hydrogen-bond donors (Lipinski definition) is 1. The maximum absolute atomic E-state index is 11.2. The van der Waals surface area contributed by atoms with E-state index in [1.807, 2.05) is 20.8 Å². The van der Waals surface area contributed by atoms with E-state index in [0.717, 1.165) is 19.4 Å². The molecule has 0 aromatic rings. The van der Waals surface area contributed by atoms with Crippen LogP contribution in [-0.4, -0.2) is 30.9 Å². The van der Waals surface area contributed by atoms with Crippen LogP contribution >= 0.6 is 0 Å². The van der Waals surface area contributed by atoms with Crippen LogP contribution in [0.3, 0.4) is 0 Å². The summed E-state index contributed by atoms with van der Waals surface area (Å²) >= 11 is 0. The number of amides is 1. The second-order valence-corrected chi connectivity index (χ2v) is 4.52. The quantitative estimate of drug-likeness (QED) is 0.739. The van der Waals surface area contributed by atoms with Gasteiger partial charge < -0.3 is 14.8 Å². The standard InChI is InChI=1S/C10H19NO3/c1-10(2,3)14-9(12)11-7-8-5-4-6-13-8/h8H,4-7H2,1-3H3,(H,11,12)/t8-/m1/s1. The van der Waals surface area contributed by atoms with Crippen LogP contribution < -0.4 is 5.32 Å². The van der Waals surface area contributed by atoms with Crippen molar-refractivity contribution in [2.75, 3.05) is 13.2 Å². The molecule has 1 N–H and O–H groups in total. The first-order valence-corrected chi connectivity index (χ1v) is 5.06. The van der Waals surface area contributed by atoms with E-state index in [2.05, 4.69) is 5.32 Å². The zero-order chi connectivity index (χ0) is 10.6. The number of hydrogen-bond acceptors (Lipinski definition) is 3. The van der Waals surface area contributed by atoms with Crippen LogP contribution in [0.4, 0.5) is 4.79 Å². The highest BCUT2D eigenvalue weighted by molar-refractivity contribution is 5.67. The lowest BCUT2D eigenvalue weighted by Crippen LogP contribution is -2.36. The van der Waals surface area contributed by atoms with Crippen LogP contribution in [0.15, 0.2) is 0 Å². The maximum atomic E-state index is 11.2. The molecule has 1 fully saturated rings. The van der Waals surface area contributed by atoms with Crippen LogP contribution in [0, 0.1) is 0 Å². The summed E-state index contributed by atoms with van der Waals surface area (Å²) in [4.78, 5) is 11.2. The van der Waals surface area contributed by atoms with Gasteiger partial charge in [0.2, 0.25) is 0 Å². The van der Waals surface area contributed by atoms with Crippen LogP contribution in [0.5, 0.6) is 0 Å². The Labute approximate surface area is 85.0 Å². The zero-order valence-corrected chi connectivity index (χ0v) is 9.13. The Morgan fingerprint density at radius 2 is 2.29 bits per heavy atom. The van der Waals surface area contributed by atoms with Gasteiger partial charge in [0, 0.05) is 13.2 Å². The largest absolute Gasteiger partial charge is 0.444 e. The van der Waals surface area contributed by atoms with Gasteiger partial charge >= 0.3 is 6.09 Å². The average molecular weight is 201 g/mol. The molecule has 0 aromatic heterocycles. The molecule has 0 aliphatic carbocycles. The number of rotatable bonds is 2. The van der Waals surface area contributed by atoms with Gasteiger partial charge in [0.25, 0.3) is 0 Å². The fourth-order valence-electron chi connectivity index (χ4n) is 1.32. The zero-order valence-electron chi connectivity index (χ0n) is 9.13. The van der Waals surface area contributed by atoms with Crippen LogP contribution in [0.2, 0.25) is 0 Å². The lowest BCUT2D eigenvalue weighted by atomic mass is 10.2. The minimum atomic E-state index is -0.430. The molecule has 1 amide bonds. The molecule has 1 rings (SSSR count). The first-order valence-electron chi connectivity index (χ1n) is 5.06. The van der Waals surface area contributed by atoms with E-state index >= 15 is 0 Å². The van der Waals surface area contributed by atoms with Crippen LogP contribution in [-0.2, 0) is 9.47 Å². The molecule has 14 heavy (non-hydrogen) atoms.